The Kier molecular flexibility index (Phi) is 4.92. The number of carbonyl (C=O) groups is 1. The van der Waals surface area contributed by atoms with Gasteiger partial charge in [0.2, 0.25) is 0 Å². The van der Waals surface area contributed by atoms with Gasteiger partial charge in [0.05, 0.1) is 5.97 Å². The van der Waals surface area contributed by atoms with Crippen LogP contribution >= 0.6 is 0 Å². The van der Waals surface area contributed by atoms with E-state index in [0.29, 0.717) is 0 Å². The molecule has 0 fully saturated rings. The standard InChI is InChI=1S/C7H7NO3.Na/c8-11-6-4-2-1-3-5(6)7(9)10;/h1-4H,8H2,(H,9,10);/q;+1/p-1. The van der Waals surface area contributed by atoms with E-state index in [4.69, 9.17) is 5.90 Å². The van der Waals surface area contributed by atoms with Crippen molar-refractivity contribution in [2.24, 2.45) is 5.90 Å². The van der Waals surface area contributed by atoms with E-state index >= 15 is 0 Å². The molecule has 0 atom stereocenters. The van der Waals surface area contributed by atoms with Crippen molar-refractivity contribution < 1.29 is 44.3 Å². The van der Waals surface area contributed by atoms with Crippen LogP contribution in [0.3, 0.4) is 0 Å². The van der Waals surface area contributed by atoms with Gasteiger partial charge < -0.3 is 14.7 Å². The molecular weight excluding hydrogens is 169 g/mol. The number of carboxylic acid groups (broad SMARTS) is 1. The predicted octanol–water partition coefficient (Wildman–Crippen LogP) is -3.69. The third-order valence-corrected chi connectivity index (χ3v) is 1.23. The minimum Gasteiger partial charge on any atom is -0.545 e. The number of carboxylic acids is 1. The quantitative estimate of drug-likeness (QED) is 0.371. The van der Waals surface area contributed by atoms with Gasteiger partial charge in [-0.15, -0.1) is 0 Å². The fourth-order valence-corrected chi connectivity index (χ4v) is 0.738. The van der Waals surface area contributed by atoms with E-state index < -0.39 is 5.97 Å². The summed E-state index contributed by atoms with van der Waals surface area (Å²) in [6.45, 7) is 0. The molecule has 0 aromatic heterocycles. The summed E-state index contributed by atoms with van der Waals surface area (Å²) in [5, 5.41) is 10.3. The summed E-state index contributed by atoms with van der Waals surface area (Å²) in [6.07, 6.45) is 0. The maximum absolute atomic E-state index is 10.3. The maximum atomic E-state index is 10.3. The number of carbonyl (C=O) groups excluding carboxylic acids is 1. The van der Waals surface area contributed by atoms with E-state index in [1.54, 1.807) is 12.1 Å². The van der Waals surface area contributed by atoms with Crippen molar-refractivity contribution in [1.82, 2.24) is 0 Å². The first kappa shape index (κ1) is 11.4. The Bertz CT molecular complexity index is 277. The third-order valence-electron chi connectivity index (χ3n) is 1.23. The van der Waals surface area contributed by atoms with Gasteiger partial charge in [-0.3, -0.25) is 0 Å². The molecule has 0 amide bonds. The Morgan fingerprint density at radius 3 is 2.42 bits per heavy atom. The molecule has 2 N–H and O–H groups in total. The van der Waals surface area contributed by atoms with Crippen LogP contribution in [-0.2, 0) is 0 Å². The number of aromatic carboxylic acids is 1. The van der Waals surface area contributed by atoms with E-state index in [2.05, 4.69) is 4.84 Å². The van der Waals surface area contributed by atoms with Gasteiger partial charge >= 0.3 is 29.6 Å². The first-order valence-electron chi connectivity index (χ1n) is 2.93. The Hall–Kier alpha value is -0.550. The number of nitrogens with two attached hydrogens (primary N) is 1. The molecule has 0 aliphatic carbocycles. The van der Waals surface area contributed by atoms with Gasteiger partial charge in [-0.05, 0) is 12.1 Å². The van der Waals surface area contributed by atoms with Crippen LogP contribution in [0.25, 0.3) is 0 Å². The Morgan fingerprint density at radius 2 is 2.00 bits per heavy atom. The molecule has 4 nitrogen and oxygen atoms in total. The number of benzene rings is 1. The van der Waals surface area contributed by atoms with E-state index in [0.717, 1.165) is 0 Å². The van der Waals surface area contributed by atoms with Crippen LogP contribution in [0.5, 0.6) is 5.75 Å². The molecule has 0 aliphatic heterocycles. The van der Waals surface area contributed by atoms with Crippen molar-refractivity contribution >= 4 is 5.97 Å². The summed E-state index contributed by atoms with van der Waals surface area (Å²) in [4.78, 5) is 14.6. The first-order valence-corrected chi connectivity index (χ1v) is 2.93. The average molecular weight is 175 g/mol. The second kappa shape index (κ2) is 5.16. The normalized spacial score (nSPS) is 8.42. The zero-order chi connectivity index (χ0) is 8.27. The van der Waals surface area contributed by atoms with E-state index in [9.17, 15) is 9.90 Å². The summed E-state index contributed by atoms with van der Waals surface area (Å²) in [5.41, 5.74) is -0.0463. The summed E-state index contributed by atoms with van der Waals surface area (Å²) < 4.78 is 0. The van der Waals surface area contributed by atoms with Gasteiger partial charge in [-0.1, -0.05) is 12.1 Å². The fourth-order valence-electron chi connectivity index (χ4n) is 0.738. The van der Waals surface area contributed by atoms with Gasteiger partial charge in [0.15, 0.2) is 5.75 Å². The first-order chi connectivity index (χ1) is 5.25. The second-order valence-electron chi connectivity index (χ2n) is 1.90. The molecule has 0 saturated heterocycles. The number of hydrogen-bond acceptors (Lipinski definition) is 4. The van der Waals surface area contributed by atoms with Crippen LogP contribution in [0.2, 0.25) is 0 Å². The smallest absolute Gasteiger partial charge is 0.545 e. The van der Waals surface area contributed by atoms with E-state index in [1.807, 2.05) is 0 Å². The average Bonchev–Trinajstić information content (AvgIpc) is 2.04. The van der Waals surface area contributed by atoms with Crippen LogP contribution < -0.4 is 45.4 Å². The van der Waals surface area contributed by atoms with Crippen LogP contribution in [0.15, 0.2) is 24.3 Å². The fraction of sp³-hybridized carbons (Fsp3) is 0. The number of rotatable bonds is 2. The van der Waals surface area contributed by atoms with Crippen molar-refractivity contribution in [3.05, 3.63) is 29.8 Å². The van der Waals surface area contributed by atoms with Crippen LogP contribution in [0.4, 0.5) is 0 Å². The zero-order valence-corrected chi connectivity index (χ0v) is 8.61. The molecule has 0 saturated carbocycles. The maximum Gasteiger partial charge on any atom is 1.00 e. The monoisotopic (exact) mass is 175 g/mol. The van der Waals surface area contributed by atoms with Crippen LogP contribution in [0.1, 0.15) is 10.4 Å². The van der Waals surface area contributed by atoms with Crippen molar-refractivity contribution in [3.63, 3.8) is 0 Å². The molecule has 1 aromatic carbocycles. The molecular formula is C7H6NNaO3. The van der Waals surface area contributed by atoms with Crippen molar-refractivity contribution in [3.8, 4) is 5.75 Å². The van der Waals surface area contributed by atoms with E-state index in [1.165, 1.54) is 12.1 Å². The summed E-state index contributed by atoms with van der Waals surface area (Å²) in [6, 6.07) is 5.99. The Labute approximate surface area is 91.6 Å². The molecule has 58 valence electrons. The van der Waals surface area contributed by atoms with Gasteiger partial charge in [0, 0.05) is 5.56 Å². The van der Waals surface area contributed by atoms with E-state index in [-0.39, 0.29) is 40.9 Å². The molecule has 1 aromatic rings. The molecule has 0 spiro atoms. The third kappa shape index (κ3) is 2.49. The Balaban J connectivity index is 0.00000121. The predicted molar refractivity (Wildman–Crippen MR) is 35.6 cm³/mol. The SMILES string of the molecule is NOc1ccccc1C(=O)[O-].[Na+]. The molecule has 1 rings (SSSR count). The minimum atomic E-state index is -1.30. The zero-order valence-electron chi connectivity index (χ0n) is 6.61. The van der Waals surface area contributed by atoms with Gasteiger partial charge in [0.25, 0.3) is 0 Å². The molecule has 0 aliphatic rings. The molecule has 0 bridgehead atoms. The van der Waals surface area contributed by atoms with Gasteiger partial charge in [0.1, 0.15) is 0 Å². The number of hydrogen-bond donors (Lipinski definition) is 1. The second-order valence-corrected chi connectivity index (χ2v) is 1.90. The van der Waals surface area contributed by atoms with Gasteiger partial charge in [-0.25, -0.2) is 0 Å². The summed E-state index contributed by atoms with van der Waals surface area (Å²) in [5.74, 6) is 3.60. The van der Waals surface area contributed by atoms with Crippen molar-refractivity contribution in [2.45, 2.75) is 0 Å². The summed E-state index contributed by atoms with van der Waals surface area (Å²) >= 11 is 0. The number of para-hydroxylation sites is 1. The van der Waals surface area contributed by atoms with Crippen molar-refractivity contribution in [1.29, 1.82) is 0 Å². The molecule has 5 heteroatoms. The minimum absolute atomic E-state index is 0. The van der Waals surface area contributed by atoms with Crippen molar-refractivity contribution in [2.75, 3.05) is 0 Å². The van der Waals surface area contributed by atoms with Gasteiger partial charge in [-0.2, -0.15) is 5.90 Å². The molecule has 0 radical (unpaired) electrons. The largest absolute Gasteiger partial charge is 1.00 e. The summed E-state index contributed by atoms with van der Waals surface area (Å²) in [7, 11) is 0. The molecule has 12 heavy (non-hydrogen) atoms. The molecule has 0 unspecified atom stereocenters. The van der Waals surface area contributed by atoms with Crippen LogP contribution in [-0.4, -0.2) is 5.97 Å². The topological polar surface area (TPSA) is 75.4 Å². The van der Waals surface area contributed by atoms with Crippen LogP contribution in [0, 0.1) is 0 Å². The molecule has 0 heterocycles. The Morgan fingerprint density at radius 1 is 1.42 bits per heavy atom.